The molecule has 1 aromatic carbocycles. The van der Waals surface area contributed by atoms with E-state index >= 15 is 4.39 Å². The SMILES string of the molecule is CC(=O)NCCC1(C(NC(=O)C2CCCC2)c2c(F)ccc(Cl)c2Cl)CCCC1.CC(N)=O. The molecule has 6 nitrogen and oxygen atoms in total. The molecule has 2 aliphatic carbocycles. The number of amides is 3. The second-order valence-electron chi connectivity index (χ2n) is 9.09. The van der Waals surface area contributed by atoms with E-state index in [0.717, 1.165) is 51.4 Å². The molecular formula is C24H34Cl2FN3O3. The molecule has 1 aromatic rings. The summed E-state index contributed by atoms with van der Waals surface area (Å²) in [6, 6.07) is 2.18. The first-order chi connectivity index (χ1) is 15.6. The summed E-state index contributed by atoms with van der Waals surface area (Å²) in [5.41, 5.74) is 4.38. The molecule has 0 heterocycles. The van der Waals surface area contributed by atoms with Crippen LogP contribution in [0.1, 0.15) is 83.2 Å². The van der Waals surface area contributed by atoms with Crippen molar-refractivity contribution in [3.8, 4) is 0 Å². The molecule has 33 heavy (non-hydrogen) atoms. The topological polar surface area (TPSA) is 101 Å². The van der Waals surface area contributed by atoms with Crippen molar-refractivity contribution in [2.24, 2.45) is 17.1 Å². The highest BCUT2D eigenvalue weighted by atomic mass is 35.5. The van der Waals surface area contributed by atoms with Crippen LogP contribution in [-0.4, -0.2) is 24.3 Å². The molecule has 0 aliphatic heterocycles. The Balaban J connectivity index is 0.000000890. The maximum absolute atomic E-state index is 15.0. The van der Waals surface area contributed by atoms with Crippen molar-refractivity contribution in [1.82, 2.24) is 10.6 Å². The quantitative estimate of drug-likeness (QED) is 0.455. The average molecular weight is 502 g/mol. The fourth-order valence-electron chi connectivity index (χ4n) is 5.04. The molecule has 3 rings (SSSR count). The summed E-state index contributed by atoms with van der Waals surface area (Å²) in [5.74, 6) is -0.959. The molecule has 4 N–H and O–H groups in total. The van der Waals surface area contributed by atoms with Gasteiger partial charge in [0.05, 0.1) is 16.1 Å². The summed E-state index contributed by atoms with van der Waals surface area (Å²) in [7, 11) is 0. The van der Waals surface area contributed by atoms with Crippen molar-refractivity contribution in [2.45, 2.75) is 77.7 Å². The lowest BCUT2D eigenvalue weighted by atomic mass is 9.72. The highest BCUT2D eigenvalue weighted by Crippen LogP contribution is 2.52. The molecule has 0 spiro atoms. The van der Waals surface area contributed by atoms with E-state index in [1.165, 1.54) is 26.0 Å². The molecular weight excluding hydrogens is 468 g/mol. The lowest BCUT2D eigenvalue weighted by Gasteiger charge is -2.40. The third-order valence-electron chi connectivity index (χ3n) is 6.59. The maximum atomic E-state index is 15.0. The van der Waals surface area contributed by atoms with Gasteiger partial charge in [0.1, 0.15) is 5.82 Å². The number of rotatable bonds is 7. The van der Waals surface area contributed by atoms with E-state index < -0.39 is 11.9 Å². The van der Waals surface area contributed by atoms with Crippen LogP contribution in [0.25, 0.3) is 0 Å². The summed E-state index contributed by atoms with van der Waals surface area (Å²) in [6.45, 7) is 3.26. The number of primary amides is 1. The van der Waals surface area contributed by atoms with Gasteiger partial charge in [-0.1, -0.05) is 48.9 Å². The van der Waals surface area contributed by atoms with Crippen molar-refractivity contribution < 1.29 is 18.8 Å². The van der Waals surface area contributed by atoms with Crippen molar-refractivity contribution in [1.29, 1.82) is 0 Å². The minimum Gasteiger partial charge on any atom is -0.370 e. The fraction of sp³-hybridized carbons (Fsp3) is 0.625. The second-order valence-corrected chi connectivity index (χ2v) is 9.88. The predicted molar refractivity (Wildman–Crippen MR) is 128 cm³/mol. The molecule has 2 saturated carbocycles. The molecule has 3 amide bonds. The molecule has 9 heteroatoms. The van der Waals surface area contributed by atoms with Crippen LogP contribution in [0.3, 0.4) is 0 Å². The number of halogens is 3. The highest BCUT2D eigenvalue weighted by Gasteiger charge is 2.45. The normalized spacial score (nSPS) is 18.2. The number of hydrogen-bond acceptors (Lipinski definition) is 3. The summed E-state index contributed by atoms with van der Waals surface area (Å²) in [5, 5.41) is 6.46. The van der Waals surface area contributed by atoms with Crippen molar-refractivity contribution in [2.75, 3.05) is 6.54 Å². The third-order valence-corrected chi connectivity index (χ3v) is 7.41. The van der Waals surface area contributed by atoms with Crippen LogP contribution < -0.4 is 16.4 Å². The van der Waals surface area contributed by atoms with Crippen LogP contribution >= 0.6 is 23.2 Å². The van der Waals surface area contributed by atoms with Crippen LogP contribution in [0.2, 0.25) is 10.0 Å². The van der Waals surface area contributed by atoms with E-state index in [9.17, 15) is 14.4 Å². The first kappa shape index (κ1) is 27.4. The van der Waals surface area contributed by atoms with Gasteiger partial charge in [-0.25, -0.2) is 4.39 Å². The standard InChI is InChI=1S/C22H29Cl2FN2O2.C2H5NO/c1-14(28)26-13-12-22(10-4-5-11-22)20(27-21(29)15-6-2-3-7-15)18-17(25)9-8-16(23)19(18)24;1-2(3)4/h8-9,15,20H,2-7,10-13H2,1H3,(H,26,28)(H,27,29);1H3,(H2,3,4). The van der Waals surface area contributed by atoms with Gasteiger partial charge in [-0.15, -0.1) is 0 Å². The minimum absolute atomic E-state index is 0.0336. The number of benzene rings is 1. The molecule has 184 valence electrons. The zero-order chi connectivity index (χ0) is 24.6. The van der Waals surface area contributed by atoms with E-state index in [4.69, 9.17) is 23.2 Å². The molecule has 0 saturated heterocycles. The van der Waals surface area contributed by atoms with Crippen LogP contribution in [0.4, 0.5) is 4.39 Å². The zero-order valence-corrected chi connectivity index (χ0v) is 20.8. The Kier molecular flexibility index (Phi) is 10.4. The van der Waals surface area contributed by atoms with Crippen LogP contribution in [0, 0.1) is 17.2 Å². The van der Waals surface area contributed by atoms with Gasteiger partial charge < -0.3 is 16.4 Å². The summed E-state index contributed by atoms with van der Waals surface area (Å²) in [6.07, 6.45) is 8.13. The first-order valence-corrected chi connectivity index (χ1v) is 12.3. The highest BCUT2D eigenvalue weighted by molar-refractivity contribution is 6.42. The lowest BCUT2D eigenvalue weighted by molar-refractivity contribution is -0.127. The molecule has 2 fully saturated rings. The number of carbonyl (C=O) groups excluding carboxylic acids is 3. The Hall–Kier alpha value is -1.86. The van der Waals surface area contributed by atoms with Crippen molar-refractivity contribution in [3.63, 3.8) is 0 Å². The number of carbonyl (C=O) groups is 3. The van der Waals surface area contributed by atoms with Gasteiger partial charge in [-0.3, -0.25) is 14.4 Å². The molecule has 0 aromatic heterocycles. The minimum atomic E-state index is -0.571. The molecule has 1 unspecified atom stereocenters. The Morgan fingerprint density at radius 2 is 1.70 bits per heavy atom. The largest absolute Gasteiger partial charge is 0.370 e. The van der Waals surface area contributed by atoms with Gasteiger partial charge in [0.15, 0.2) is 0 Å². The van der Waals surface area contributed by atoms with E-state index in [1.807, 2.05) is 0 Å². The van der Waals surface area contributed by atoms with Gasteiger partial charge >= 0.3 is 0 Å². The van der Waals surface area contributed by atoms with Crippen LogP contribution in [-0.2, 0) is 14.4 Å². The monoisotopic (exact) mass is 501 g/mol. The van der Waals surface area contributed by atoms with Crippen molar-refractivity contribution >= 4 is 40.9 Å². The lowest BCUT2D eigenvalue weighted by Crippen LogP contribution is -2.44. The fourth-order valence-corrected chi connectivity index (χ4v) is 5.46. The Bertz CT molecular complexity index is 850. The summed E-state index contributed by atoms with van der Waals surface area (Å²) in [4.78, 5) is 33.6. The number of nitrogens with two attached hydrogens (primary N) is 1. The smallest absolute Gasteiger partial charge is 0.223 e. The third kappa shape index (κ3) is 7.57. The number of nitrogens with one attached hydrogen (secondary N) is 2. The van der Waals surface area contributed by atoms with E-state index in [1.54, 1.807) is 0 Å². The van der Waals surface area contributed by atoms with Gasteiger partial charge in [0.2, 0.25) is 17.7 Å². The average Bonchev–Trinajstić information content (AvgIpc) is 3.42. The molecule has 2 aliphatic rings. The van der Waals surface area contributed by atoms with E-state index in [0.29, 0.717) is 13.0 Å². The van der Waals surface area contributed by atoms with Gasteiger partial charge in [-0.05, 0) is 49.7 Å². The molecule has 1 atom stereocenters. The van der Waals surface area contributed by atoms with Crippen LogP contribution in [0.15, 0.2) is 12.1 Å². The molecule has 0 bridgehead atoms. The Labute approximate surface area is 205 Å². The van der Waals surface area contributed by atoms with E-state index in [2.05, 4.69) is 16.4 Å². The zero-order valence-electron chi connectivity index (χ0n) is 19.3. The summed E-state index contributed by atoms with van der Waals surface area (Å²) >= 11 is 12.7. The Morgan fingerprint density at radius 3 is 2.24 bits per heavy atom. The number of hydrogen-bond donors (Lipinski definition) is 3. The van der Waals surface area contributed by atoms with Crippen LogP contribution in [0.5, 0.6) is 0 Å². The predicted octanol–water partition coefficient (Wildman–Crippen LogP) is 5.06. The first-order valence-electron chi connectivity index (χ1n) is 11.5. The second kappa shape index (κ2) is 12.6. The van der Waals surface area contributed by atoms with E-state index in [-0.39, 0.29) is 44.7 Å². The van der Waals surface area contributed by atoms with Gasteiger partial charge in [-0.2, -0.15) is 0 Å². The summed E-state index contributed by atoms with van der Waals surface area (Å²) < 4.78 is 15.0. The van der Waals surface area contributed by atoms with Crippen molar-refractivity contribution in [3.05, 3.63) is 33.6 Å². The molecule has 0 radical (unpaired) electrons. The Morgan fingerprint density at radius 1 is 1.12 bits per heavy atom. The van der Waals surface area contributed by atoms with Gasteiger partial charge in [0, 0.05) is 31.9 Å². The van der Waals surface area contributed by atoms with Gasteiger partial charge in [0.25, 0.3) is 0 Å². The maximum Gasteiger partial charge on any atom is 0.223 e.